The van der Waals surface area contributed by atoms with Gasteiger partial charge in [0.2, 0.25) is 0 Å². The Morgan fingerprint density at radius 3 is 2.65 bits per heavy atom. The van der Waals surface area contributed by atoms with E-state index >= 15 is 0 Å². The monoisotopic (exact) mass is 278 g/mol. The fourth-order valence-corrected chi connectivity index (χ4v) is 3.50. The van der Waals surface area contributed by atoms with Crippen molar-refractivity contribution in [3.05, 3.63) is 35.6 Å². The smallest absolute Gasteiger partial charge is 0.127 e. The van der Waals surface area contributed by atoms with Crippen LogP contribution in [0.5, 0.6) is 0 Å². The third-order valence-electron chi connectivity index (χ3n) is 4.91. The summed E-state index contributed by atoms with van der Waals surface area (Å²) in [6.07, 6.45) is 6.22. The van der Waals surface area contributed by atoms with E-state index in [1.807, 2.05) is 12.1 Å². The quantitative estimate of drug-likeness (QED) is 0.850. The van der Waals surface area contributed by atoms with Crippen LogP contribution in [-0.2, 0) is 0 Å². The normalized spacial score (nSPS) is 25.4. The van der Waals surface area contributed by atoms with Gasteiger partial charge in [-0.2, -0.15) is 0 Å². The van der Waals surface area contributed by atoms with Gasteiger partial charge >= 0.3 is 0 Å². The first-order chi connectivity index (χ1) is 9.65. The van der Waals surface area contributed by atoms with Crippen molar-refractivity contribution < 1.29 is 4.39 Å². The molecule has 0 spiro atoms. The minimum absolute atomic E-state index is 0.0911. The van der Waals surface area contributed by atoms with E-state index in [0.29, 0.717) is 12.0 Å². The summed E-state index contributed by atoms with van der Waals surface area (Å²) in [6, 6.07) is 7.67. The van der Waals surface area contributed by atoms with Gasteiger partial charge in [-0.25, -0.2) is 4.39 Å². The van der Waals surface area contributed by atoms with Gasteiger partial charge in [-0.15, -0.1) is 0 Å². The van der Waals surface area contributed by atoms with Crippen LogP contribution < -0.4 is 5.73 Å². The van der Waals surface area contributed by atoms with Crippen molar-refractivity contribution in [1.29, 1.82) is 0 Å². The zero-order valence-electron chi connectivity index (χ0n) is 12.7. The van der Waals surface area contributed by atoms with Crippen LogP contribution in [0.1, 0.15) is 50.6 Å². The van der Waals surface area contributed by atoms with E-state index in [9.17, 15) is 4.39 Å². The SMILES string of the molecule is CC(c1ccccc1F)N(C)C1CCCCCC1CN. The third kappa shape index (κ3) is 3.39. The summed E-state index contributed by atoms with van der Waals surface area (Å²) in [5.41, 5.74) is 6.76. The molecule has 1 fully saturated rings. The average Bonchev–Trinajstić information content (AvgIpc) is 2.71. The van der Waals surface area contributed by atoms with Crippen molar-refractivity contribution in [1.82, 2.24) is 4.90 Å². The van der Waals surface area contributed by atoms with Gasteiger partial charge in [0.1, 0.15) is 5.82 Å². The van der Waals surface area contributed by atoms with Crippen LogP contribution in [0.2, 0.25) is 0 Å². The number of nitrogens with zero attached hydrogens (tertiary/aromatic N) is 1. The first-order valence-electron chi connectivity index (χ1n) is 7.81. The molecule has 1 aliphatic rings. The first kappa shape index (κ1) is 15.5. The molecule has 1 saturated carbocycles. The van der Waals surface area contributed by atoms with E-state index in [-0.39, 0.29) is 11.9 Å². The lowest BCUT2D eigenvalue weighted by Gasteiger charge is -2.37. The topological polar surface area (TPSA) is 29.3 Å². The molecule has 2 rings (SSSR count). The van der Waals surface area contributed by atoms with Gasteiger partial charge in [0.05, 0.1) is 0 Å². The summed E-state index contributed by atoms with van der Waals surface area (Å²) < 4.78 is 14.0. The Bertz CT molecular complexity index is 421. The van der Waals surface area contributed by atoms with Gasteiger partial charge in [-0.05, 0) is 45.3 Å². The van der Waals surface area contributed by atoms with Gasteiger partial charge < -0.3 is 5.73 Å². The fourth-order valence-electron chi connectivity index (χ4n) is 3.50. The molecule has 2 nitrogen and oxygen atoms in total. The number of hydrogen-bond acceptors (Lipinski definition) is 2. The Morgan fingerprint density at radius 2 is 1.95 bits per heavy atom. The second kappa shape index (κ2) is 7.19. The van der Waals surface area contributed by atoms with Crippen LogP contribution >= 0.6 is 0 Å². The Morgan fingerprint density at radius 1 is 1.25 bits per heavy atom. The van der Waals surface area contributed by atoms with Crippen LogP contribution in [0.25, 0.3) is 0 Å². The Hall–Kier alpha value is -0.930. The standard InChI is InChI=1S/C17H27FN2/c1-13(15-9-6-7-10-16(15)18)20(2)17-11-5-3-4-8-14(17)12-19/h6-7,9-10,13-14,17H,3-5,8,11-12,19H2,1-2H3. The van der Waals surface area contributed by atoms with Crippen LogP contribution in [0.3, 0.4) is 0 Å². The molecule has 2 N–H and O–H groups in total. The molecule has 3 unspecified atom stereocenters. The Labute approximate surface area is 122 Å². The van der Waals surface area contributed by atoms with Crippen molar-refractivity contribution in [2.45, 2.75) is 51.1 Å². The molecular weight excluding hydrogens is 251 g/mol. The molecule has 20 heavy (non-hydrogen) atoms. The van der Waals surface area contributed by atoms with E-state index in [2.05, 4.69) is 18.9 Å². The molecule has 0 radical (unpaired) electrons. The molecule has 0 amide bonds. The van der Waals surface area contributed by atoms with E-state index in [1.165, 1.54) is 32.1 Å². The molecular formula is C17H27FN2. The Balaban J connectivity index is 2.15. The largest absolute Gasteiger partial charge is 0.330 e. The van der Waals surface area contributed by atoms with Crippen LogP contribution in [0.4, 0.5) is 4.39 Å². The zero-order chi connectivity index (χ0) is 14.5. The second-order valence-corrected chi connectivity index (χ2v) is 6.06. The third-order valence-corrected chi connectivity index (χ3v) is 4.91. The summed E-state index contributed by atoms with van der Waals surface area (Å²) >= 11 is 0. The lowest BCUT2D eigenvalue weighted by Crippen LogP contribution is -2.42. The van der Waals surface area contributed by atoms with E-state index in [1.54, 1.807) is 12.1 Å². The maximum absolute atomic E-state index is 14.0. The predicted molar refractivity (Wildman–Crippen MR) is 82.0 cm³/mol. The highest BCUT2D eigenvalue weighted by Gasteiger charge is 2.29. The molecule has 0 saturated heterocycles. The summed E-state index contributed by atoms with van der Waals surface area (Å²) in [7, 11) is 2.12. The summed E-state index contributed by atoms with van der Waals surface area (Å²) in [5, 5.41) is 0. The van der Waals surface area contributed by atoms with Gasteiger partial charge in [-0.3, -0.25) is 4.90 Å². The van der Waals surface area contributed by atoms with E-state index < -0.39 is 0 Å². The molecule has 0 aliphatic heterocycles. The maximum atomic E-state index is 14.0. The first-order valence-corrected chi connectivity index (χ1v) is 7.81. The highest BCUT2D eigenvalue weighted by Crippen LogP contribution is 2.32. The van der Waals surface area contributed by atoms with Gasteiger partial charge in [-0.1, -0.05) is 37.5 Å². The maximum Gasteiger partial charge on any atom is 0.127 e. The molecule has 0 aromatic heterocycles. The summed E-state index contributed by atoms with van der Waals surface area (Å²) in [5.74, 6) is 0.432. The number of nitrogens with two attached hydrogens (primary N) is 1. The highest BCUT2D eigenvalue weighted by atomic mass is 19.1. The number of hydrogen-bond donors (Lipinski definition) is 1. The van der Waals surface area contributed by atoms with Crippen LogP contribution in [-0.4, -0.2) is 24.5 Å². The number of rotatable bonds is 4. The molecule has 0 heterocycles. The number of halogens is 1. The fraction of sp³-hybridized carbons (Fsp3) is 0.647. The number of benzene rings is 1. The predicted octanol–water partition coefficient (Wildman–Crippen LogP) is 3.73. The molecule has 1 aromatic rings. The molecule has 1 aromatic carbocycles. The summed E-state index contributed by atoms with van der Waals surface area (Å²) in [4.78, 5) is 2.33. The molecule has 112 valence electrons. The van der Waals surface area contributed by atoms with Crippen molar-refractivity contribution in [2.24, 2.45) is 11.7 Å². The van der Waals surface area contributed by atoms with Crippen molar-refractivity contribution >= 4 is 0 Å². The minimum atomic E-state index is -0.107. The molecule has 3 heteroatoms. The van der Waals surface area contributed by atoms with Crippen LogP contribution in [0, 0.1) is 11.7 Å². The molecule has 0 bridgehead atoms. The summed E-state index contributed by atoms with van der Waals surface area (Å²) in [6.45, 7) is 2.83. The van der Waals surface area contributed by atoms with Crippen molar-refractivity contribution in [2.75, 3.05) is 13.6 Å². The highest BCUT2D eigenvalue weighted by molar-refractivity contribution is 5.20. The zero-order valence-corrected chi connectivity index (χ0v) is 12.7. The van der Waals surface area contributed by atoms with E-state index in [4.69, 9.17) is 5.73 Å². The minimum Gasteiger partial charge on any atom is -0.330 e. The van der Waals surface area contributed by atoms with Gasteiger partial charge in [0, 0.05) is 17.6 Å². The lowest BCUT2D eigenvalue weighted by molar-refractivity contribution is 0.124. The molecule has 3 atom stereocenters. The van der Waals surface area contributed by atoms with E-state index in [0.717, 1.165) is 12.1 Å². The van der Waals surface area contributed by atoms with Crippen molar-refractivity contribution in [3.63, 3.8) is 0 Å². The van der Waals surface area contributed by atoms with Gasteiger partial charge in [0.15, 0.2) is 0 Å². The average molecular weight is 278 g/mol. The lowest BCUT2D eigenvalue weighted by atomic mass is 9.92. The van der Waals surface area contributed by atoms with Gasteiger partial charge in [0.25, 0.3) is 0 Å². The second-order valence-electron chi connectivity index (χ2n) is 6.06. The molecule has 1 aliphatic carbocycles. The van der Waals surface area contributed by atoms with Crippen molar-refractivity contribution in [3.8, 4) is 0 Å². The van der Waals surface area contributed by atoms with Crippen LogP contribution in [0.15, 0.2) is 24.3 Å². The Kier molecular flexibility index (Phi) is 5.55.